The van der Waals surface area contributed by atoms with Gasteiger partial charge < -0.3 is 13.9 Å². The fourth-order valence-electron chi connectivity index (χ4n) is 3.06. The predicted molar refractivity (Wildman–Crippen MR) is 119 cm³/mol. The van der Waals surface area contributed by atoms with Crippen molar-refractivity contribution in [2.75, 3.05) is 13.6 Å². The van der Waals surface area contributed by atoms with Crippen molar-refractivity contribution in [2.24, 2.45) is 0 Å². The third-order valence-electron chi connectivity index (χ3n) is 4.62. The fourth-order valence-corrected chi connectivity index (χ4v) is 4.96. The topological polar surface area (TPSA) is 55.8 Å². The molecule has 5 nitrogen and oxygen atoms in total. The van der Waals surface area contributed by atoms with Crippen molar-refractivity contribution in [1.29, 1.82) is 0 Å². The van der Waals surface area contributed by atoms with Crippen molar-refractivity contribution in [3.05, 3.63) is 12.7 Å². The van der Waals surface area contributed by atoms with Gasteiger partial charge in [-0.25, -0.2) is 0 Å². The molecule has 0 bridgehead atoms. The normalized spacial score (nSPS) is 12.6. The first-order valence-electron chi connectivity index (χ1n) is 11.2. The van der Waals surface area contributed by atoms with E-state index in [0.717, 1.165) is 51.5 Å². The second-order valence-electron chi connectivity index (χ2n) is 8.37. The lowest BCUT2D eigenvalue weighted by molar-refractivity contribution is -0.124. The van der Waals surface area contributed by atoms with Crippen molar-refractivity contribution in [3.63, 3.8) is 0 Å². The van der Waals surface area contributed by atoms with Gasteiger partial charge in [-0.3, -0.25) is 9.36 Å². The van der Waals surface area contributed by atoms with Gasteiger partial charge in [-0.15, -0.1) is 0 Å². The SMILES string of the molecule is C=CC(=O)N(C)CCCCCCCCCCCC(F)(F)P(=O)(OC(C)C)OC(C)C. The van der Waals surface area contributed by atoms with Gasteiger partial charge >= 0.3 is 13.3 Å². The lowest BCUT2D eigenvalue weighted by Gasteiger charge is -2.29. The standard InChI is InChI=1S/C22H42F2NO4P/c1-7-21(26)25(6)18-16-14-12-10-8-9-11-13-15-17-22(23,24)30(27,28-19(2)3)29-20(4)5/h7,19-20H,1,8-18H2,2-6H3. The molecule has 0 N–H and O–H groups in total. The second-order valence-corrected chi connectivity index (χ2v) is 10.4. The summed E-state index contributed by atoms with van der Waals surface area (Å²) in [6.07, 6.45) is 7.84. The van der Waals surface area contributed by atoms with Crippen molar-refractivity contribution in [3.8, 4) is 0 Å². The minimum Gasteiger partial charge on any atom is -0.342 e. The van der Waals surface area contributed by atoms with E-state index in [1.807, 2.05) is 0 Å². The lowest BCUT2D eigenvalue weighted by Crippen LogP contribution is -2.25. The first kappa shape index (κ1) is 29.2. The summed E-state index contributed by atoms with van der Waals surface area (Å²) in [5.74, 6) is -0.0523. The maximum Gasteiger partial charge on any atom is 0.400 e. The number of likely N-dealkylation sites (N-methyl/N-ethyl adjacent to an activating group) is 1. The van der Waals surface area contributed by atoms with Crippen LogP contribution in [-0.4, -0.2) is 42.3 Å². The van der Waals surface area contributed by atoms with Crippen LogP contribution in [0.4, 0.5) is 8.78 Å². The number of halogens is 2. The Labute approximate surface area is 182 Å². The summed E-state index contributed by atoms with van der Waals surface area (Å²) in [7, 11) is -2.72. The molecular weight excluding hydrogens is 411 g/mol. The molecule has 0 aliphatic heterocycles. The summed E-state index contributed by atoms with van der Waals surface area (Å²) < 4.78 is 51.8. The van der Waals surface area contributed by atoms with Gasteiger partial charge in [0.15, 0.2) is 0 Å². The number of hydrogen-bond acceptors (Lipinski definition) is 4. The van der Waals surface area contributed by atoms with Crippen LogP contribution in [-0.2, 0) is 18.4 Å². The zero-order valence-electron chi connectivity index (χ0n) is 19.5. The largest absolute Gasteiger partial charge is 0.400 e. The molecule has 0 aromatic rings. The van der Waals surface area contributed by atoms with Gasteiger partial charge in [-0.1, -0.05) is 51.5 Å². The first-order valence-corrected chi connectivity index (χ1v) is 12.7. The van der Waals surface area contributed by atoms with Crippen LogP contribution in [0.5, 0.6) is 0 Å². The highest BCUT2D eigenvalue weighted by molar-refractivity contribution is 7.55. The Kier molecular flexibility index (Phi) is 14.7. The molecule has 8 heteroatoms. The number of carbonyl (C=O) groups is 1. The van der Waals surface area contributed by atoms with Crippen LogP contribution >= 0.6 is 7.60 Å². The Morgan fingerprint density at radius 3 is 1.73 bits per heavy atom. The summed E-state index contributed by atoms with van der Waals surface area (Å²) in [4.78, 5) is 13.0. The van der Waals surface area contributed by atoms with Gasteiger partial charge in [0, 0.05) is 20.0 Å². The van der Waals surface area contributed by atoms with Gasteiger partial charge in [0.05, 0.1) is 12.2 Å². The molecule has 0 radical (unpaired) electrons. The van der Waals surface area contributed by atoms with Crippen molar-refractivity contribution >= 4 is 13.5 Å². The highest BCUT2D eigenvalue weighted by Crippen LogP contribution is 2.65. The molecule has 30 heavy (non-hydrogen) atoms. The van der Waals surface area contributed by atoms with E-state index in [1.54, 1.807) is 39.6 Å². The number of nitrogens with zero attached hydrogens (tertiary/aromatic N) is 1. The Bertz CT molecular complexity index is 527. The molecule has 0 unspecified atom stereocenters. The first-order chi connectivity index (χ1) is 13.9. The molecular formula is C22H42F2NO4P. The van der Waals surface area contributed by atoms with Crippen LogP contribution in [0.1, 0.15) is 91.9 Å². The lowest BCUT2D eigenvalue weighted by atomic mass is 10.1. The monoisotopic (exact) mass is 453 g/mol. The average Bonchev–Trinajstić information content (AvgIpc) is 2.63. The van der Waals surface area contributed by atoms with Gasteiger partial charge in [0.2, 0.25) is 5.91 Å². The molecule has 1 amide bonds. The van der Waals surface area contributed by atoms with Crippen molar-refractivity contribution in [2.45, 2.75) is 110 Å². The minimum absolute atomic E-state index is 0.0523. The maximum atomic E-state index is 14.5. The zero-order valence-corrected chi connectivity index (χ0v) is 20.4. The molecule has 0 aromatic carbocycles. The molecule has 0 atom stereocenters. The Morgan fingerprint density at radius 2 is 1.33 bits per heavy atom. The third kappa shape index (κ3) is 12.2. The third-order valence-corrected chi connectivity index (χ3v) is 7.05. The van der Waals surface area contributed by atoms with E-state index in [9.17, 15) is 18.1 Å². The summed E-state index contributed by atoms with van der Waals surface area (Å²) in [6.45, 7) is 10.5. The average molecular weight is 454 g/mol. The summed E-state index contributed by atoms with van der Waals surface area (Å²) in [5, 5.41) is 0. The van der Waals surface area contributed by atoms with Crippen LogP contribution < -0.4 is 0 Å². The number of amides is 1. The van der Waals surface area contributed by atoms with Gasteiger partial charge in [-0.2, -0.15) is 8.78 Å². The van der Waals surface area contributed by atoms with Crippen LogP contribution in [0.25, 0.3) is 0 Å². The van der Waals surface area contributed by atoms with E-state index in [2.05, 4.69) is 6.58 Å². The second kappa shape index (κ2) is 15.1. The highest BCUT2D eigenvalue weighted by Gasteiger charge is 2.53. The van der Waals surface area contributed by atoms with E-state index in [-0.39, 0.29) is 5.91 Å². The number of unbranched alkanes of at least 4 members (excludes halogenated alkanes) is 8. The van der Waals surface area contributed by atoms with Crippen LogP contribution in [0.3, 0.4) is 0 Å². The van der Waals surface area contributed by atoms with E-state index >= 15 is 0 Å². The summed E-state index contributed by atoms with van der Waals surface area (Å²) in [5.41, 5.74) is -3.47. The van der Waals surface area contributed by atoms with E-state index < -0.39 is 31.9 Å². The maximum absolute atomic E-state index is 14.5. The van der Waals surface area contributed by atoms with E-state index in [4.69, 9.17) is 9.05 Å². The number of hydrogen-bond donors (Lipinski definition) is 0. The molecule has 178 valence electrons. The minimum atomic E-state index is -4.49. The molecule has 0 saturated carbocycles. The smallest absolute Gasteiger partial charge is 0.342 e. The molecule has 0 fully saturated rings. The molecule has 0 saturated heterocycles. The Hall–Kier alpha value is -0.780. The molecule has 0 rings (SSSR count). The van der Waals surface area contributed by atoms with Crippen molar-refractivity contribution < 1.29 is 27.2 Å². The molecule has 0 aliphatic carbocycles. The number of alkyl halides is 2. The summed E-state index contributed by atoms with van der Waals surface area (Å²) >= 11 is 0. The van der Waals surface area contributed by atoms with Crippen molar-refractivity contribution in [1.82, 2.24) is 4.90 Å². The molecule has 0 heterocycles. The van der Waals surface area contributed by atoms with E-state index in [1.165, 1.54) is 6.08 Å². The quantitative estimate of drug-likeness (QED) is 0.125. The Morgan fingerprint density at radius 1 is 0.933 bits per heavy atom. The molecule has 0 spiro atoms. The number of rotatable bonds is 18. The predicted octanol–water partition coefficient (Wildman–Crippen LogP) is 7.17. The van der Waals surface area contributed by atoms with Crippen LogP contribution in [0.2, 0.25) is 0 Å². The fraction of sp³-hybridized carbons (Fsp3) is 0.864. The molecule has 0 aliphatic rings. The highest BCUT2D eigenvalue weighted by atomic mass is 31.2. The van der Waals surface area contributed by atoms with Crippen LogP contribution in [0.15, 0.2) is 12.7 Å². The van der Waals surface area contributed by atoms with Gasteiger partial charge in [-0.05, 0) is 46.6 Å². The Balaban J connectivity index is 3.97. The zero-order chi connectivity index (χ0) is 23.2. The van der Waals surface area contributed by atoms with E-state index in [0.29, 0.717) is 12.8 Å². The molecule has 0 aromatic heterocycles. The van der Waals surface area contributed by atoms with Gasteiger partial charge in [0.25, 0.3) is 0 Å². The van der Waals surface area contributed by atoms with Crippen LogP contribution in [0, 0.1) is 0 Å². The number of carbonyl (C=O) groups excluding carboxylic acids is 1. The summed E-state index contributed by atoms with van der Waals surface area (Å²) in [6, 6.07) is 0. The van der Waals surface area contributed by atoms with Gasteiger partial charge in [0.1, 0.15) is 0 Å².